The van der Waals surface area contributed by atoms with Gasteiger partial charge in [0, 0.05) is 16.8 Å². The van der Waals surface area contributed by atoms with Crippen molar-refractivity contribution >= 4 is 22.5 Å². The lowest BCUT2D eigenvalue weighted by Crippen LogP contribution is -2.16. The second-order valence-electron chi connectivity index (χ2n) is 7.04. The minimum Gasteiger partial charge on any atom is -0.376 e. The number of fused-ring (bicyclic) bond motifs is 4. The molecule has 1 unspecified atom stereocenters. The molecular formula is C24H20N2O. The van der Waals surface area contributed by atoms with E-state index in [1.54, 1.807) is 0 Å². The van der Waals surface area contributed by atoms with E-state index in [4.69, 9.17) is 0 Å². The Morgan fingerprint density at radius 1 is 0.852 bits per heavy atom. The lowest BCUT2D eigenvalue weighted by molar-refractivity contribution is 0.0963. The first-order chi connectivity index (χ1) is 13.3. The highest BCUT2D eigenvalue weighted by atomic mass is 16.2. The number of para-hydroxylation sites is 2. The largest absolute Gasteiger partial charge is 0.376 e. The Labute approximate surface area is 158 Å². The zero-order valence-corrected chi connectivity index (χ0v) is 14.9. The van der Waals surface area contributed by atoms with Gasteiger partial charge in [-0.25, -0.2) is 0 Å². The SMILES string of the molecule is O=C1c2ccccc2NC(CCc2ccccc2)c2cc3ccccc3n21. The van der Waals surface area contributed by atoms with E-state index in [0.717, 1.165) is 40.7 Å². The van der Waals surface area contributed by atoms with Crippen LogP contribution in [0.3, 0.4) is 0 Å². The van der Waals surface area contributed by atoms with Crippen molar-refractivity contribution in [3.8, 4) is 0 Å². The van der Waals surface area contributed by atoms with Crippen molar-refractivity contribution in [1.29, 1.82) is 0 Å². The van der Waals surface area contributed by atoms with E-state index in [1.165, 1.54) is 5.56 Å². The summed E-state index contributed by atoms with van der Waals surface area (Å²) in [5.74, 6) is 0.0384. The topological polar surface area (TPSA) is 34.0 Å². The van der Waals surface area contributed by atoms with Crippen LogP contribution in [0, 0.1) is 0 Å². The Hall–Kier alpha value is -3.33. The molecule has 3 heteroatoms. The first kappa shape index (κ1) is 15.9. The number of rotatable bonds is 3. The van der Waals surface area contributed by atoms with Gasteiger partial charge >= 0.3 is 0 Å². The van der Waals surface area contributed by atoms with Crippen LogP contribution < -0.4 is 5.32 Å². The van der Waals surface area contributed by atoms with Crippen molar-refractivity contribution in [2.24, 2.45) is 0 Å². The molecule has 1 N–H and O–H groups in total. The van der Waals surface area contributed by atoms with Gasteiger partial charge in [-0.2, -0.15) is 0 Å². The fourth-order valence-electron chi connectivity index (χ4n) is 4.01. The highest BCUT2D eigenvalue weighted by Crippen LogP contribution is 2.35. The minimum atomic E-state index is 0.0384. The maximum atomic E-state index is 13.3. The van der Waals surface area contributed by atoms with Crippen LogP contribution in [0.5, 0.6) is 0 Å². The highest BCUT2D eigenvalue weighted by molar-refractivity contribution is 6.07. The number of aryl methyl sites for hydroxylation is 1. The molecule has 27 heavy (non-hydrogen) atoms. The minimum absolute atomic E-state index is 0.0384. The molecule has 0 saturated carbocycles. The van der Waals surface area contributed by atoms with Crippen LogP contribution >= 0.6 is 0 Å². The molecule has 1 atom stereocenters. The molecule has 3 aromatic carbocycles. The van der Waals surface area contributed by atoms with Crippen molar-refractivity contribution in [3.63, 3.8) is 0 Å². The molecule has 4 aromatic rings. The van der Waals surface area contributed by atoms with Crippen molar-refractivity contribution in [2.45, 2.75) is 18.9 Å². The van der Waals surface area contributed by atoms with E-state index in [0.29, 0.717) is 0 Å². The van der Waals surface area contributed by atoms with Gasteiger partial charge in [-0.3, -0.25) is 9.36 Å². The normalized spacial score (nSPS) is 15.7. The van der Waals surface area contributed by atoms with E-state index in [-0.39, 0.29) is 11.9 Å². The third-order valence-electron chi connectivity index (χ3n) is 5.35. The molecule has 0 fully saturated rings. The van der Waals surface area contributed by atoms with Crippen LogP contribution in [-0.4, -0.2) is 10.5 Å². The molecule has 132 valence electrons. The van der Waals surface area contributed by atoms with Crippen molar-refractivity contribution in [3.05, 3.63) is 102 Å². The number of benzene rings is 3. The fourth-order valence-corrected chi connectivity index (χ4v) is 4.01. The summed E-state index contributed by atoms with van der Waals surface area (Å²) in [6, 6.07) is 28.7. The van der Waals surface area contributed by atoms with Gasteiger partial charge in [0.1, 0.15) is 0 Å². The fraction of sp³-hybridized carbons (Fsp3) is 0.125. The molecule has 1 aliphatic rings. The zero-order valence-electron chi connectivity index (χ0n) is 14.9. The summed E-state index contributed by atoms with van der Waals surface area (Å²) < 4.78 is 1.89. The van der Waals surface area contributed by atoms with Gasteiger partial charge in [0.25, 0.3) is 5.91 Å². The number of hydrogen-bond donors (Lipinski definition) is 1. The van der Waals surface area contributed by atoms with Gasteiger partial charge < -0.3 is 5.32 Å². The molecule has 0 bridgehead atoms. The summed E-state index contributed by atoms with van der Waals surface area (Å²) in [5.41, 5.74) is 4.95. The number of anilines is 1. The van der Waals surface area contributed by atoms with Gasteiger partial charge in [0.15, 0.2) is 0 Å². The molecule has 1 aliphatic heterocycles. The lowest BCUT2D eigenvalue weighted by atomic mass is 10.0. The Balaban J connectivity index is 1.63. The quantitative estimate of drug-likeness (QED) is 0.533. The molecule has 0 amide bonds. The van der Waals surface area contributed by atoms with Crippen LogP contribution in [-0.2, 0) is 6.42 Å². The third-order valence-corrected chi connectivity index (χ3v) is 5.35. The standard InChI is InChI=1S/C24H20N2O/c27-24-19-11-5-6-12-20(19)25-21(15-14-17-8-2-1-3-9-17)23-16-18-10-4-7-13-22(18)26(23)24/h1-13,16,21,25H,14-15H2. The van der Waals surface area contributed by atoms with Crippen LogP contribution in [0.4, 0.5) is 5.69 Å². The van der Waals surface area contributed by atoms with Gasteiger partial charge in [-0.05, 0) is 42.7 Å². The van der Waals surface area contributed by atoms with Crippen molar-refractivity contribution in [2.75, 3.05) is 5.32 Å². The van der Waals surface area contributed by atoms with Crippen LogP contribution in [0.25, 0.3) is 10.9 Å². The third kappa shape index (κ3) is 2.72. The summed E-state index contributed by atoms with van der Waals surface area (Å²) >= 11 is 0. The van der Waals surface area contributed by atoms with Crippen LogP contribution in [0.1, 0.15) is 34.1 Å². The van der Waals surface area contributed by atoms with Crippen LogP contribution in [0.15, 0.2) is 84.9 Å². The summed E-state index contributed by atoms with van der Waals surface area (Å²) in [7, 11) is 0. The molecule has 2 heterocycles. The molecule has 3 nitrogen and oxygen atoms in total. The molecular weight excluding hydrogens is 332 g/mol. The summed E-state index contributed by atoms with van der Waals surface area (Å²) in [6.45, 7) is 0. The average Bonchev–Trinajstić information content (AvgIpc) is 3.06. The van der Waals surface area contributed by atoms with Gasteiger partial charge in [0.2, 0.25) is 0 Å². The average molecular weight is 352 g/mol. The predicted molar refractivity (Wildman–Crippen MR) is 109 cm³/mol. The smallest absolute Gasteiger partial charge is 0.264 e. The molecule has 1 aromatic heterocycles. The maximum Gasteiger partial charge on any atom is 0.264 e. The van der Waals surface area contributed by atoms with Gasteiger partial charge in [-0.15, -0.1) is 0 Å². The Morgan fingerprint density at radius 2 is 1.59 bits per heavy atom. The van der Waals surface area contributed by atoms with E-state index in [2.05, 4.69) is 41.7 Å². The second kappa shape index (κ2) is 6.44. The van der Waals surface area contributed by atoms with Crippen molar-refractivity contribution in [1.82, 2.24) is 4.57 Å². The second-order valence-corrected chi connectivity index (χ2v) is 7.04. The zero-order chi connectivity index (χ0) is 18.2. The summed E-state index contributed by atoms with van der Waals surface area (Å²) in [5, 5.41) is 4.74. The molecule has 0 aliphatic carbocycles. The van der Waals surface area contributed by atoms with E-state index in [9.17, 15) is 4.79 Å². The molecule has 0 saturated heterocycles. The van der Waals surface area contributed by atoms with E-state index >= 15 is 0 Å². The molecule has 5 rings (SSSR count). The van der Waals surface area contributed by atoms with E-state index in [1.807, 2.05) is 53.1 Å². The van der Waals surface area contributed by atoms with E-state index < -0.39 is 0 Å². The number of nitrogens with one attached hydrogen (secondary N) is 1. The number of carbonyl (C=O) groups is 1. The Morgan fingerprint density at radius 3 is 2.48 bits per heavy atom. The Bertz CT molecular complexity index is 1130. The Kier molecular flexibility index (Phi) is 3.79. The monoisotopic (exact) mass is 352 g/mol. The van der Waals surface area contributed by atoms with Gasteiger partial charge in [-0.1, -0.05) is 60.7 Å². The molecule has 0 spiro atoms. The first-order valence-corrected chi connectivity index (χ1v) is 9.36. The lowest BCUT2D eigenvalue weighted by Gasteiger charge is -2.18. The first-order valence-electron chi connectivity index (χ1n) is 9.36. The summed E-state index contributed by atoms with van der Waals surface area (Å²) in [6.07, 6.45) is 1.87. The number of carbonyl (C=O) groups excluding carboxylic acids is 1. The predicted octanol–water partition coefficient (Wildman–Crippen LogP) is 5.43. The van der Waals surface area contributed by atoms with Crippen molar-refractivity contribution < 1.29 is 4.79 Å². The number of nitrogens with zero attached hydrogens (tertiary/aromatic N) is 1. The summed E-state index contributed by atoms with van der Waals surface area (Å²) in [4.78, 5) is 13.3. The number of hydrogen-bond acceptors (Lipinski definition) is 2. The maximum absolute atomic E-state index is 13.3. The molecule has 0 radical (unpaired) electrons. The number of aromatic nitrogens is 1. The van der Waals surface area contributed by atoms with Gasteiger partial charge in [0.05, 0.1) is 17.1 Å². The highest BCUT2D eigenvalue weighted by Gasteiger charge is 2.28. The van der Waals surface area contributed by atoms with Crippen LogP contribution in [0.2, 0.25) is 0 Å².